The maximum absolute atomic E-state index is 9.01. The predicted octanol–water partition coefficient (Wildman–Crippen LogP) is 0.429. The van der Waals surface area contributed by atoms with Crippen molar-refractivity contribution in [2.24, 2.45) is 11.3 Å². The van der Waals surface area contributed by atoms with Gasteiger partial charge in [0.1, 0.15) is 0 Å². The first-order valence-corrected chi connectivity index (χ1v) is 3.75. The molecule has 0 aromatic heterocycles. The lowest BCUT2D eigenvalue weighted by molar-refractivity contribution is 0.00956. The molecular formula is C7H15NO2. The maximum atomic E-state index is 9.01. The first kappa shape index (κ1) is 7.98. The molecule has 0 bridgehead atoms. The van der Waals surface area contributed by atoms with Crippen molar-refractivity contribution >= 4 is 0 Å². The lowest BCUT2D eigenvalue weighted by Gasteiger charge is -2.24. The van der Waals surface area contributed by atoms with E-state index in [0.717, 1.165) is 12.8 Å². The van der Waals surface area contributed by atoms with Crippen LogP contribution in [0.25, 0.3) is 0 Å². The highest BCUT2D eigenvalue weighted by molar-refractivity contribution is 4.83. The summed E-state index contributed by atoms with van der Waals surface area (Å²) in [6.45, 7) is 0.716. The third-order valence-corrected chi connectivity index (χ3v) is 2.39. The van der Waals surface area contributed by atoms with Gasteiger partial charge < -0.3 is 9.94 Å². The maximum Gasteiger partial charge on any atom is 0.0757 e. The molecule has 0 aliphatic heterocycles. The first-order chi connectivity index (χ1) is 4.83. The quantitative estimate of drug-likeness (QED) is 0.566. The fourth-order valence-electron chi connectivity index (χ4n) is 1.65. The number of nitrogens with two attached hydrogens (primary N) is 1. The summed E-state index contributed by atoms with van der Waals surface area (Å²) in [6, 6.07) is 0. The Morgan fingerprint density at radius 1 is 1.40 bits per heavy atom. The van der Waals surface area contributed by atoms with Gasteiger partial charge in [-0.1, -0.05) is 12.8 Å². The van der Waals surface area contributed by atoms with E-state index in [1.165, 1.54) is 12.8 Å². The standard InChI is InChI=1S/C7H15NO2/c8-10-6-7(5-9)3-1-2-4-7/h9H,1-6,8H2. The molecule has 1 rings (SSSR count). The van der Waals surface area contributed by atoms with Gasteiger partial charge in [0.25, 0.3) is 0 Å². The Hall–Kier alpha value is -0.120. The summed E-state index contributed by atoms with van der Waals surface area (Å²) in [7, 11) is 0. The first-order valence-electron chi connectivity index (χ1n) is 3.75. The van der Waals surface area contributed by atoms with Crippen LogP contribution in [-0.4, -0.2) is 18.3 Å². The molecule has 60 valence electrons. The molecule has 3 nitrogen and oxygen atoms in total. The fraction of sp³-hybridized carbons (Fsp3) is 1.00. The van der Waals surface area contributed by atoms with Crippen molar-refractivity contribution in [3.63, 3.8) is 0 Å². The Morgan fingerprint density at radius 3 is 2.40 bits per heavy atom. The Morgan fingerprint density at radius 2 is 2.00 bits per heavy atom. The van der Waals surface area contributed by atoms with Crippen molar-refractivity contribution in [3.8, 4) is 0 Å². The van der Waals surface area contributed by atoms with Crippen molar-refractivity contribution in [3.05, 3.63) is 0 Å². The van der Waals surface area contributed by atoms with Gasteiger partial charge in [-0.05, 0) is 12.8 Å². The second kappa shape index (κ2) is 3.32. The Kier molecular flexibility index (Phi) is 2.65. The largest absolute Gasteiger partial charge is 0.396 e. The van der Waals surface area contributed by atoms with Crippen LogP contribution >= 0.6 is 0 Å². The van der Waals surface area contributed by atoms with Crippen LogP contribution in [0.5, 0.6) is 0 Å². The van der Waals surface area contributed by atoms with Gasteiger partial charge in [0.05, 0.1) is 13.2 Å². The lowest BCUT2D eigenvalue weighted by atomic mass is 9.89. The van der Waals surface area contributed by atoms with Crippen LogP contribution in [0, 0.1) is 5.41 Å². The van der Waals surface area contributed by atoms with Crippen molar-refractivity contribution in [2.45, 2.75) is 25.7 Å². The summed E-state index contributed by atoms with van der Waals surface area (Å²) in [5.74, 6) is 4.96. The third-order valence-electron chi connectivity index (χ3n) is 2.39. The van der Waals surface area contributed by atoms with Gasteiger partial charge in [-0.2, -0.15) is 0 Å². The minimum Gasteiger partial charge on any atom is -0.396 e. The highest BCUT2D eigenvalue weighted by atomic mass is 16.6. The molecule has 0 aromatic carbocycles. The molecular weight excluding hydrogens is 130 g/mol. The SMILES string of the molecule is NOCC1(CO)CCCC1. The molecule has 0 unspecified atom stereocenters. The minimum atomic E-state index is -0.00521. The number of aliphatic hydroxyl groups excluding tert-OH is 1. The van der Waals surface area contributed by atoms with Gasteiger partial charge in [0, 0.05) is 5.41 Å². The van der Waals surface area contributed by atoms with E-state index >= 15 is 0 Å². The summed E-state index contributed by atoms with van der Waals surface area (Å²) in [6.07, 6.45) is 4.51. The van der Waals surface area contributed by atoms with Gasteiger partial charge in [0.15, 0.2) is 0 Å². The van der Waals surface area contributed by atoms with E-state index in [4.69, 9.17) is 11.0 Å². The topological polar surface area (TPSA) is 55.5 Å². The molecule has 0 saturated heterocycles. The van der Waals surface area contributed by atoms with Crippen molar-refractivity contribution in [1.29, 1.82) is 0 Å². The van der Waals surface area contributed by atoms with Crippen LogP contribution < -0.4 is 5.90 Å². The molecule has 3 N–H and O–H groups in total. The van der Waals surface area contributed by atoms with Crippen LogP contribution in [0.2, 0.25) is 0 Å². The zero-order chi connectivity index (χ0) is 7.45. The van der Waals surface area contributed by atoms with Crippen LogP contribution in [-0.2, 0) is 4.84 Å². The highest BCUT2D eigenvalue weighted by Gasteiger charge is 2.33. The molecule has 0 aromatic rings. The van der Waals surface area contributed by atoms with E-state index in [0.29, 0.717) is 6.61 Å². The van der Waals surface area contributed by atoms with E-state index < -0.39 is 0 Å². The summed E-state index contributed by atoms with van der Waals surface area (Å²) in [4.78, 5) is 4.56. The van der Waals surface area contributed by atoms with E-state index in [1.807, 2.05) is 0 Å². The van der Waals surface area contributed by atoms with Crippen LogP contribution in [0.4, 0.5) is 0 Å². The van der Waals surface area contributed by atoms with E-state index in [1.54, 1.807) is 0 Å². The molecule has 10 heavy (non-hydrogen) atoms. The zero-order valence-corrected chi connectivity index (χ0v) is 6.18. The molecule has 1 aliphatic rings. The molecule has 0 radical (unpaired) electrons. The average Bonchev–Trinajstić information content (AvgIpc) is 2.39. The molecule has 0 atom stereocenters. The Labute approximate surface area is 61.1 Å². The smallest absolute Gasteiger partial charge is 0.0757 e. The van der Waals surface area contributed by atoms with Gasteiger partial charge in [-0.25, -0.2) is 5.90 Å². The van der Waals surface area contributed by atoms with Crippen molar-refractivity contribution in [2.75, 3.05) is 13.2 Å². The normalized spacial score (nSPS) is 23.4. The molecule has 3 heteroatoms. The monoisotopic (exact) mass is 145 g/mol. The molecule has 0 heterocycles. The van der Waals surface area contributed by atoms with Crippen LogP contribution in [0.1, 0.15) is 25.7 Å². The number of hydrogen-bond donors (Lipinski definition) is 2. The fourth-order valence-corrected chi connectivity index (χ4v) is 1.65. The number of rotatable bonds is 3. The Bertz CT molecular complexity index is 99.8. The highest BCUT2D eigenvalue weighted by Crippen LogP contribution is 2.37. The van der Waals surface area contributed by atoms with Crippen LogP contribution in [0.3, 0.4) is 0 Å². The summed E-state index contributed by atoms with van der Waals surface area (Å²) in [5.41, 5.74) is -0.00521. The van der Waals surface area contributed by atoms with E-state index in [2.05, 4.69) is 4.84 Å². The molecule has 0 amide bonds. The average molecular weight is 145 g/mol. The number of aliphatic hydroxyl groups is 1. The second-order valence-corrected chi connectivity index (χ2v) is 3.18. The molecule has 1 fully saturated rings. The van der Waals surface area contributed by atoms with Gasteiger partial charge >= 0.3 is 0 Å². The Balaban J connectivity index is 2.41. The van der Waals surface area contributed by atoms with E-state index in [9.17, 15) is 0 Å². The van der Waals surface area contributed by atoms with E-state index in [-0.39, 0.29) is 12.0 Å². The summed E-state index contributed by atoms with van der Waals surface area (Å²) < 4.78 is 0. The summed E-state index contributed by atoms with van der Waals surface area (Å²) >= 11 is 0. The third kappa shape index (κ3) is 1.48. The van der Waals surface area contributed by atoms with Gasteiger partial charge in [0.2, 0.25) is 0 Å². The van der Waals surface area contributed by atoms with Gasteiger partial charge in [-0.15, -0.1) is 0 Å². The van der Waals surface area contributed by atoms with Crippen molar-refractivity contribution in [1.82, 2.24) is 0 Å². The predicted molar refractivity (Wildman–Crippen MR) is 38.1 cm³/mol. The number of hydrogen-bond acceptors (Lipinski definition) is 3. The van der Waals surface area contributed by atoms with Crippen molar-refractivity contribution < 1.29 is 9.94 Å². The van der Waals surface area contributed by atoms with Gasteiger partial charge in [-0.3, -0.25) is 0 Å². The zero-order valence-electron chi connectivity index (χ0n) is 6.18. The van der Waals surface area contributed by atoms with Crippen LogP contribution in [0.15, 0.2) is 0 Å². The summed E-state index contributed by atoms with van der Waals surface area (Å²) in [5, 5.41) is 9.01. The second-order valence-electron chi connectivity index (χ2n) is 3.18. The molecule has 1 aliphatic carbocycles. The molecule has 0 spiro atoms. The minimum absolute atomic E-state index is 0.00521. The lowest BCUT2D eigenvalue weighted by Crippen LogP contribution is -2.29. The molecule has 1 saturated carbocycles.